The van der Waals surface area contributed by atoms with Gasteiger partial charge < -0.3 is 19.9 Å². The molecule has 3 aromatic rings. The van der Waals surface area contributed by atoms with E-state index in [0.29, 0.717) is 28.4 Å². The van der Waals surface area contributed by atoms with E-state index in [1.807, 2.05) is 0 Å². The zero-order valence-electron chi connectivity index (χ0n) is 15.1. The van der Waals surface area contributed by atoms with Crippen LogP contribution < -0.4 is 10.6 Å². The third-order valence-electron chi connectivity index (χ3n) is 3.66. The zero-order chi connectivity index (χ0) is 19.9. The van der Waals surface area contributed by atoms with Gasteiger partial charge in [-0.05, 0) is 48.5 Å². The fourth-order valence-electron chi connectivity index (χ4n) is 2.42. The smallest absolute Gasteiger partial charge is 0.250 e. The molecule has 0 aliphatic rings. The quantitative estimate of drug-likeness (QED) is 0.650. The summed E-state index contributed by atoms with van der Waals surface area (Å²) in [5.74, 6) is -0.333. The number of rotatable bonds is 7. The molecule has 2 aromatic carbocycles. The molecule has 2 amide bonds. The van der Waals surface area contributed by atoms with Gasteiger partial charge in [-0.1, -0.05) is 5.16 Å². The lowest BCUT2D eigenvalue weighted by molar-refractivity contribution is -0.121. The number of halogens is 1. The van der Waals surface area contributed by atoms with E-state index in [2.05, 4.69) is 15.8 Å². The Kier molecular flexibility index (Phi) is 6.13. The highest BCUT2D eigenvalue weighted by Gasteiger charge is 2.09. The molecule has 8 heteroatoms. The number of hydrogen-bond acceptors (Lipinski definition) is 5. The van der Waals surface area contributed by atoms with Gasteiger partial charge in [0, 0.05) is 29.9 Å². The molecule has 7 nitrogen and oxygen atoms in total. The Balaban J connectivity index is 1.45. The maximum Gasteiger partial charge on any atom is 0.250 e. The second kappa shape index (κ2) is 8.92. The van der Waals surface area contributed by atoms with Crippen LogP contribution in [-0.4, -0.2) is 23.6 Å². The van der Waals surface area contributed by atoms with Crippen molar-refractivity contribution in [3.63, 3.8) is 0 Å². The minimum atomic E-state index is -0.331. The van der Waals surface area contributed by atoms with E-state index in [4.69, 9.17) is 9.26 Å². The Morgan fingerprint density at radius 2 is 1.68 bits per heavy atom. The Morgan fingerprint density at radius 3 is 2.32 bits per heavy atom. The van der Waals surface area contributed by atoms with Crippen LogP contribution in [0.3, 0.4) is 0 Å². The number of ether oxygens (including phenoxy) is 1. The lowest BCUT2D eigenvalue weighted by Crippen LogP contribution is -2.18. The molecule has 1 aromatic heterocycles. The summed E-state index contributed by atoms with van der Waals surface area (Å²) < 4.78 is 23.5. The third kappa shape index (κ3) is 5.49. The molecular formula is C20H18FN3O4. The van der Waals surface area contributed by atoms with E-state index in [9.17, 15) is 14.0 Å². The lowest BCUT2D eigenvalue weighted by Gasteiger charge is -2.07. The predicted molar refractivity (Wildman–Crippen MR) is 101 cm³/mol. The second-order valence-corrected chi connectivity index (χ2v) is 5.99. The standard InChI is InChI=1S/C20H18FN3O4/c1-13(25)22-16-6-8-17(9-7-16)23-20(26)12-27-11-18-10-19(28-24-18)14-2-4-15(21)5-3-14/h2-10H,11-12H2,1H3,(H,22,25)(H,23,26). The molecule has 0 saturated heterocycles. The summed E-state index contributed by atoms with van der Waals surface area (Å²) in [5.41, 5.74) is 2.44. The normalized spacial score (nSPS) is 10.5. The number of hydrogen-bond donors (Lipinski definition) is 2. The second-order valence-electron chi connectivity index (χ2n) is 5.99. The van der Waals surface area contributed by atoms with Crippen LogP contribution in [0.4, 0.5) is 15.8 Å². The molecule has 0 fully saturated rings. The molecule has 0 aliphatic heterocycles. The van der Waals surface area contributed by atoms with Crippen molar-refractivity contribution in [1.29, 1.82) is 0 Å². The third-order valence-corrected chi connectivity index (χ3v) is 3.66. The first kappa shape index (κ1) is 19.2. The minimum Gasteiger partial charge on any atom is -0.365 e. The average molecular weight is 383 g/mol. The van der Waals surface area contributed by atoms with Crippen LogP contribution in [-0.2, 0) is 20.9 Å². The van der Waals surface area contributed by atoms with E-state index in [0.717, 1.165) is 0 Å². The molecule has 2 N–H and O–H groups in total. The molecule has 0 unspecified atom stereocenters. The molecule has 0 radical (unpaired) electrons. The summed E-state index contributed by atoms with van der Waals surface area (Å²) in [4.78, 5) is 22.9. The predicted octanol–water partition coefficient (Wildman–Crippen LogP) is 3.59. The summed E-state index contributed by atoms with van der Waals surface area (Å²) >= 11 is 0. The zero-order valence-corrected chi connectivity index (χ0v) is 15.1. The summed E-state index contributed by atoms with van der Waals surface area (Å²) in [5, 5.41) is 9.20. The van der Waals surface area contributed by atoms with E-state index < -0.39 is 0 Å². The molecule has 0 bridgehead atoms. The first-order valence-electron chi connectivity index (χ1n) is 8.46. The highest BCUT2D eigenvalue weighted by molar-refractivity contribution is 5.92. The van der Waals surface area contributed by atoms with E-state index in [1.54, 1.807) is 42.5 Å². The first-order valence-corrected chi connectivity index (χ1v) is 8.46. The van der Waals surface area contributed by atoms with Gasteiger partial charge >= 0.3 is 0 Å². The number of carbonyl (C=O) groups is 2. The summed E-state index contributed by atoms with van der Waals surface area (Å²) in [7, 11) is 0. The minimum absolute atomic E-state index is 0.0968. The van der Waals surface area contributed by atoms with Crippen molar-refractivity contribution < 1.29 is 23.2 Å². The van der Waals surface area contributed by atoms with Crippen LogP contribution in [0, 0.1) is 5.82 Å². The van der Waals surface area contributed by atoms with Crippen LogP contribution in [0.1, 0.15) is 12.6 Å². The van der Waals surface area contributed by atoms with Crippen LogP contribution >= 0.6 is 0 Å². The summed E-state index contributed by atoms with van der Waals surface area (Å²) in [6, 6.07) is 14.2. The number of carbonyl (C=O) groups excluding carboxylic acids is 2. The number of amides is 2. The van der Waals surface area contributed by atoms with Crippen molar-refractivity contribution in [2.75, 3.05) is 17.2 Å². The van der Waals surface area contributed by atoms with Gasteiger partial charge in [0.1, 0.15) is 18.1 Å². The molecular weight excluding hydrogens is 365 g/mol. The van der Waals surface area contributed by atoms with Crippen molar-refractivity contribution in [3.05, 3.63) is 66.1 Å². The molecule has 0 saturated carbocycles. The van der Waals surface area contributed by atoms with Gasteiger partial charge in [0.25, 0.3) is 0 Å². The van der Waals surface area contributed by atoms with Crippen molar-refractivity contribution >= 4 is 23.2 Å². The average Bonchev–Trinajstić information content (AvgIpc) is 3.12. The summed E-state index contributed by atoms with van der Waals surface area (Å²) in [6.45, 7) is 1.36. The molecule has 0 spiro atoms. The molecule has 1 heterocycles. The van der Waals surface area contributed by atoms with Crippen molar-refractivity contribution in [3.8, 4) is 11.3 Å². The number of nitrogens with one attached hydrogen (secondary N) is 2. The van der Waals surface area contributed by atoms with Gasteiger partial charge in [-0.3, -0.25) is 9.59 Å². The SMILES string of the molecule is CC(=O)Nc1ccc(NC(=O)COCc2cc(-c3ccc(F)cc3)on2)cc1. The van der Waals surface area contributed by atoms with Gasteiger partial charge in [-0.25, -0.2) is 4.39 Å². The fourth-order valence-corrected chi connectivity index (χ4v) is 2.42. The molecule has 0 aliphatic carbocycles. The Labute approximate surface area is 160 Å². The molecule has 0 atom stereocenters. The van der Waals surface area contributed by atoms with Gasteiger partial charge in [-0.15, -0.1) is 0 Å². The fraction of sp³-hybridized carbons (Fsp3) is 0.150. The largest absolute Gasteiger partial charge is 0.365 e. The van der Waals surface area contributed by atoms with Crippen molar-refractivity contribution in [2.24, 2.45) is 0 Å². The first-order chi connectivity index (χ1) is 13.5. The Morgan fingerprint density at radius 1 is 1.04 bits per heavy atom. The maximum atomic E-state index is 13.0. The van der Waals surface area contributed by atoms with Crippen molar-refractivity contribution in [2.45, 2.75) is 13.5 Å². The number of nitrogens with zero attached hydrogens (tertiary/aromatic N) is 1. The topological polar surface area (TPSA) is 93.5 Å². The van der Waals surface area contributed by atoms with Gasteiger partial charge in [0.05, 0.1) is 6.61 Å². The molecule has 144 valence electrons. The number of benzene rings is 2. The summed E-state index contributed by atoms with van der Waals surface area (Å²) in [6.07, 6.45) is 0. The van der Waals surface area contributed by atoms with Crippen LogP contribution in [0.15, 0.2) is 59.1 Å². The number of aromatic nitrogens is 1. The molecule has 28 heavy (non-hydrogen) atoms. The van der Waals surface area contributed by atoms with Crippen LogP contribution in [0.25, 0.3) is 11.3 Å². The van der Waals surface area contributed by atoms with Gasteiger partial charge in [-0.2, -0.15) is 0 Å². The molecule has 3 rings (SSSR count). The van der Waals surface area contributed by atoms with E-state index in [-0.39, 0.29) is 30.8 Å². The Bertz CT molecular complexity index is 952. The van der Waals surface area contributed by atoms with Crippen molar-refractivity contribution in [1.82, 2.24) is 5.16 Å². The Hall–Kier alpha value is -3.52. The van der Waals surface area contributed by atoms with E-state index in [1.165, 1.54) is 19.1 Å². The lowest BCUT2D eigenvalue weighted by atomic mass is 10.1. The maximum absolute atomic E-state index is 13.0. The van der Waals surface area contributed by atoms with Gasteiger partial charge in [0.15, 0.2) is 5.76 Å². The highest BCUT2D eigenvalue weighted by atomic mass is 19.1. The number of anilines is 2. The monoisotopic (exact) mass is 383 g/mol. The van der Waals surface area contributed by atoms with Crippen LogP contribution in [0.5, 0.6) is 0 Å². The van der Waals surface area contributed by atoms with E-state index >= 15 is 0 Å². The van der Waals surface area contributed by atoms with Crippen LogP contribution in [0.2, 0.25) is 0 Å². The van der Waals surface area contributed by atoms with Gasteiger partial charge in [0.2, 0.25) is 11.8 Å². The highest BCUT2D eigenvalue weighted by Crippen LogP contribution is 2.21.